The molecule has 0 unspecified atom stereocenters. The van der Waals surface area contributed by atoms with Crippen molar-refractivity contribution in [2.45, 2.75) is 37.1 Å². The molecule has 0 bridgehead atoms. The van der Waals surface area contributed by atoms with Gasteiger partial charge >= 0.3 is 0 Å². The van der Waals surface area contributed by atoms with E-state index in [1.165, 1.54) is 4.31 Å². The quantitative estimate of drug-likeness (QED) is 0.636. The van der Waals surface area contributed by atoms with Crippen LogP contribution < -0.4 is 5.32 Å². The van der Waals surface area contributed by atoms with Gasteiger partial charge in [-0.25, -0.2) is 8.42 Å². The van der Waals surface area contributed by atoms with Crippen LogP contribution in [0.3, 0.4) is 0 Å². The molecule has 2 aromatic carbocycles. The zero-order valence-corrected chi connectivity index (χ0v) is 17.9. The summed E-state index contributed by atoms with van der Waals surface area (Å²) in [7, 11) is -3.57. The number of hydrogen-bond acceptors (Lipinski definition) is 3. The third kappa shape index (κ3) is 4.27. The topological polar surface area (TPSA) is 82.3 Å². The molecule has 1 saturated heterocycles. The van der Waals surface area contributed by atoms with Gasteiger partial charge in [0.1, 0.15) is 0 Å². The number of carbonyl (C=O) groups is 1. The highest BCUT2D eigenvalue weighted by atomic mass is 32.2. The van der Waals surface area contributed by atoms with Crippen molar-refractivity contribution < 1.29 is 13.2 Å². The number of aromatic nitrogens is 1. The van der Waals surface area contributed by atoms with Crippen molar-refractivity contribution in [3.05, 3.63) is 66.4 Å². The second-order valence-corrected chi connectivity index (χ2v) is 9.93. The summed E-state index contributed by atoms with van der Waals surface area (Å²) in [5, 5.41) is 4.25. The number of H-pyrrole nitrogens is 1. The van der Waals surface area contributed by atoms with Gasteiger partial charge in [-0.05, 0) is 49.9 Å². The summed E-state index contributed by atoms with van der Waals surface area (Å²) in [4.78, 5) is 16.4. The molecule has 7 heteroatoms. The number of nitrogens with zero attached hydrogens (tertiary/aromatic N) is 1. The van der Waals surface area contributed by atoms with E-state index in [1.54, 1.807) is 30.3 Å². The second kappa shape index (κ2) is 8.62. The van der Waals surface area contributed by atoms with Crippen LogP contribution in [0.2, 0.25) is 0 Å². The van der Waals surface area contributed by atoms with Crippen LogP contribution in [0.15, 0.2) is 65.7 Å². The summed E-state index contributed by atoms with van der Waals surface area (Å²) in [6.45, 7) is 2.66. The molecule has 1 amide bonds. The minimum atomic E-state index is -3.57. The van der Waals surface area contributed by atoms with Crippen molar-refractivity contribution in [3.63, 3.8) is 0 Å². The van der Waals surface area contributed by atoms with E-state index in [0.29, 0.717) is 25.8 Å². The van der Waals surface area contributed by atoms with Crippen LogP contribution in [-0.4, -0.2) is 42.7 Å². The van der Waals surface area contributed by atoms with Gasteiger partial charge in [0.2, 0.25) is 15.9 Å². The number of rotatable bonds is 6. The van der Waals surface area contributed by atoms with E-state index in [0.717, 1.165) is 16.5 Å². The number of fused-ring (bicyclic) bond motifs is 1. The largest absolute Gasteiger partial charge is 0.361 e. The smallest absolute Gasteiger partial charge is 0.243 e. The number of hydrogen-bond donors (Lipinski definition) is 2. The summed E-state index contributed by atoms with van der Waals surface area (Å²) in [6, 6.07) is 16.5. The number of amides is 1. The Bertz CT molecular complexity index is 1120. The van der Waals surface area contributed by atoms with E-state index >= 15 is 0 Å². The summed E-state index contributed by atoms with van der Waals surface area (Å²) in [6.07, 6.45) is 4.09. The number of aromatic amines is 1. The summed E-state index contributed by atoms with van der Waals surface area (Å²) < 4.78 is 27.3. The first-order valence-corrected chi connectivity index (χ1v) is 11.8. The zero-order chi connectivity index (χ0) is 21.1. The third-order valence-electron chi connectivity index (χ3n) is 5.73. The van der Waals surface area contributed by atoms with Gasteiger partial charge in [-0.3, -0.25) is 4.79 Å². The highest BCUT2D eigenvalue weighted by Gasteiger charge is 2.33. The van der Waals surface area contributed by atoms with E-state index in [4.69, 9.17) is 0 Å². The van der Waals surface area contributed by atoms with Crippen molar-refractivity contribution in [3.8, 4) is 0 Å². The molecule has 2 N–H and O–H groups in total. The molecule has 1 fully saturated rings. The number of piperidine rings is 1. The molecule has 158 valence electrons. The molecule has 6 nitrogen and oxygen atoms in total. The molecule has 0 aliphatic carbocycles. The van der Waals surface area contributed by atoms with Crippen molar-refractivity contribution in [1.29, 1.82) is 0 Å². The fraction of sp³-hybridized carbons (Fsp3) is 0.348. The van der Waals surface area contributed by atoms with Crippen LogP contribution in [0.25, 0.3) is 10.9 Å². The summed E-state index contributed by atoms with van der Waals surface area (Å²) >= 11 is 0. The fourth-order valence-corrected chi connectivity index (χ4v) is 5.70. The van der Waals surface area contributed by atoms with Gasteiger partial charge in [0, 0.05) is 36.2 Å². The van der Waals surface area contributed by atoms with Crippen LogP contribution in [0, 0.1) is 5.92 Å². The molecule has 1 aromatic heterocycles. The highest BCUT2D eigenvalue weighted by Crippen LogP contribution is 2.24. The molecule has 2 heterocycles. The number of benzene rings is 2. The molecule has 1 aliphatic heterocycles. The molecule has 0 spiro atoms. The predicted octanol–water partition coefficient (Wildman–Crippen LogP) is 3.32. The van der Waals surface area contributed by atoms with E-state index in [2.05, 4.69) is 16.4 Å². The lowest BCUT2D eigenvalue weighted by molar-refractivity contribution is -0.126. The summed E-state index contributed by atoms with van der Waals surface area (Å²) in [5.74, 6) is -0.405. The minimum absolute atomic E-state index is 0.0437. The highest BCUT2D eigenvalue weighted by molar-refractivity contribution is 7.89. The Morgan fingerprint density at radius 1 is 1.17 bits per heavy atom. The molecule has 2 atom stereocenters. The lowest BCUT2D eigenvalue weighted by atomic mass is 9.98. The van der Waals surface area contributed by atoms with Crippen LogP contribution >= 0.6 is 0 Å². The van der Waals surface area contributed by atoms with E-state index in [9.17, 15) is 13.2 Å². The van der Waals surface area contributed by atoms with Crippen LogP contribution in [-0.2, 0) is 21.2 Å². The van der Waals surface area contributed by atoms with Gasteiger partial charge in [-0.1, -0.05) is 36.4 Å². The monoisotopic (exact) mass is 425 g/mol. The molecular formula is C23H27N3O3S. The van der Waals surface area contributed by atoms with Gasteiger partial charge < -0.3 is 10.3 Å². The number of para-hydroxylation sites is 1. The van der Waals surface area contributed by atoms with E-state index in [1.807, 2.05) is 31.3 Å². The SMILES string of the molecule is C[C@@H](Cc1c[nH]c2ccccc12)NC(=O)[C@@H]1CCCN(S(=O)(=O)c2ccccc2)C1. The second-order valence-electron chi connectivity index (χ2n) is 7.99. The number of nitrogens with one attached hydrogen (secondary N) is 2. The van der Waals surface area contributed by atoms with E-state index < -0.39 is 10.0 Å². The van der Waals surface area contributed by atoms with Gasteiger partial charge in [0.25, 0.3) is 0 Å². The average molecular weight is 426 g/mol. The molecule has 3 aromatic rings. The molecule has 1 aliphatic rings. The Hall–Kier alpha value is -2.64. The number of carbonyl (C=O) groups excluding carboxylic acids is 1. The van der Waals surface area contributed by atoms with Crippen molar-refractivity contribution >= 4 is 26.8 Å². The first-order valence-electron chi connectivity index (χ1n) is 10.4. The maximum Gasteiger partial charge on any atom is 0.243 e. The van der Waals surface area contributed by atoms with Gasteiger partial charge in [-0.2, -0.15) is 4.31 Å². The Labute approximate surface area is 177 Å². The van der Waals surface area contributed by atoms with Crippen LogP contribution in [0.4, 0.5) is 0 Å². The first-order chi connectivity index (χ1) is 14.4. The average Bonchev–Trinajstić information content (AvgIpc) is 3.17. The van der Waals surface area contributed by atoms with Gasteiger partial charge in [-0.15, -0.1) is 0 Å². The maximum atomic E-state index is 12.9. The Morgan fingerprint density at radius 2 is 1.90 bits per heavy atom. The molecule has 30 heavy (non-hydrogen) atoms. The molecule has 4 rings (SSSR count). The lowest BCUT2D eigenvalue weighted by Gasteiger charge is -2.31. The molecule has 0 saturated carbocycles. The van der Waals surface area contributed by atoms with Crippen LogP contribution in [0.5, 0.6) is 0 Å². The first kappa shape index (κ1) is 20.6. The standard InChI is InChI=1S/C23H27N3O3S/c1-17(14-19-15-24-22-12-6-5-11-21(19)22)25-23(27)18-8-7-13-26(16-18)30(28,29)20-9-3-2-4-10-20/h2-6,9-12,15,17-18,24H,7-8,13-14,16H2,1H3,(H,25,27)/t17-,18+/m0/s1. The predicted molar refractivity (Wildman–Crippen MR) is 118 cm³/mol. The third-order valence-corrected chi connectivity index (χ3v) is 7.60. The van der Waals surface area contributed by atoms with Crippen molar-refractivity contribution in [2.75, 3.05) is 13.1 Å². The maximum absolute atomic E-state index is 12.9. The fourth-order valence-electron chi connectivity index (χ4n) is 4.16. The van der Waals surface area contributed by atoms with Crippen molar-refractivity contribution in [1.82, 2.24) is 14.6 Å². The molecular weight excluding hydrogens is 398 g/mol. The van der Waals surface area contributed by atoms with Crippen LogP contribution in [0.1, 0.15) is 25.3 Å². The normalized spacial score (nSPS) is 18.9. The Balaban J connectivity index is 1.39. The van der Waals surface area contributed by atoms with Crippen molar-refractivity contribution in [2.24, 2.45) is 5.92 Å². The van der Waals surface area contributed by atoms with Gasteiger partial charge in [0.15, 0.2) is 0 Å². The van der Waals surface area contributed by atoms with E-state index in [-0.39, 0.29) is 29.3 Å². The Kier molecular flexibility index (Phi) is 5.92. The Morgan fingerprint density at radius 3 is 2.70 bits per heavy atom. The summed E-state index contributed by atoms with van der Waals surface area (Å²) in [5.41, 5.74) is 2.25. The minimum Gasteiger partial charge on any atom is -0.361 e. The zero-order valence-electron chi connectivity index (χ0n) is 17.0. The molecule has 0 radical (unpaired) electrons. The van der Waals surface area contributed by atoms with Gasteiger partial charge in [0.05, 0.1) is 10.8 Å². The lowest BCUT2D eigenvalue weighted by Crippen LogP contribution is -2.47. The number of sulfonamides is 1.